The Morgan fingerprint density at radius 2 is 2.15 bits per heavy atom. The van der Waals surface area contributed by atoms with Crippen molar-refractivity contribution in [2.45, 2.75) is 37.8 Å². The Morgan fingerprint density at radius 3 is 2.79 bits per heavy atom. The molecule has 180 valence electrons. The molecule has 3 aromatic rings. The Kier molecular flexibility index (Phi) is 5.44. The van der Waals surface area contributed by atoms with Crippen molar-refractivity contribution in [3.05, 3.63) is 26.0 Å². The largest absolute Gasteiger partial charge is 0.465 e. The molecule has 2 saturated heterocycles. The normalized spacial score (nSPS) is 28.3. The van der Waals surface area contributed by atoms with E-state index in [0.29, 0.717) is 18.4 Å². The van der Waals surface area contributed by atoms with Gasteiger partial charge in [-0.2, -0.15) is 5.10 Å². The maximum atomic E-state index is 11.6. The summed E-state index contributed by atoms with van der Waals surface area (Å²) < 4.78 is 8.70. The van der Waals surface area contributed by atoms with Crippen LogP contribution in [-0.2, 0) is 10.2 Å². The zero-order valence-corrected chi connectivity index (χ0v) is 22.0. The standard InChI is InChI=1S/C22H26IN7O3S/c1-12-10-34-20(25-12)22(11-28(2)21(31)32)13-8-29(9-14(13)22)15-7-24-17-18(23)27-30(19(17)26-15)16-5-3-4-6-33-16/h7,10,13-14,16H,3-6,8-9,11H2,1-2H3,(H,31,32)/t13-,14+,16?,22-. The lowest BCUT2D eigenvalue weighted by atomic mass is 9.99. The molecule has 0 radical (unpaired) electrons. The smallest absolute Gasteiger partial charge is 0.407 e. The number of hydrogen-bond acceptors (Lipinski definition) is 8. The quantitative estimate of drug-likeness (QED) is 0.447. The number of anilines is 1. The van der Waals surface area contributed by atoms with Crippen LogP contribution in [-0.4, -0.2) is 74.1 Å². The van der Waals surface area contributed by atoms with Crippen molar-refractivity contribution in [2.24, 2.45) is 11.8 Å². The molecule has 3 aliphatic rings. The average molecular weight is 595 g/mol. The van der Waals surface area contributed by atoms with Gasteiger partial charge in [-0.15, -0.1) is 11.3 Å². The van der Waals surface area contributed by atoms with Gasteiger partial charge in [0.25, 0.3) is 0 Å². The van der Waals surface area contributed by atoms with Crippen LogP contribution in [0.5, 0.6) is 0 Å². The summed E-state index contributed by atoms with van der Waals surface area (Å²) in [5.41, 5.74) is 2.34. The number of aryl methyl sites for hydroxylation is 1. The number of aromatic nitrogens is 5. The summed E-state index contributed by atoms with van der Waals surface area (Å²) in [5.74, 6) is 1.51. The minimum atomic E-state index is -0.904. The Balaban J connectivity index is 1.28. The van der Waals surface area contributed by atoms with Gasteiger partial charge in [-0.05, 0) is 60.6 Å². The van der Waals surface area contributed by atoms with E-state index in [-0.39, 0.29) is 11.6 Å². The van der Waals surface area contributed by atoms with Crippen LogP contribution in [0.25, 0.3) is 11.2 Å². The Labute approximate surface area is 214 Å². The molecule has 34 heavy (non-hydrogen) atoms. The van der Waals surface area contributed by atoms with E-state index in [1.54, 1.807) is 18.4 Å². The Bertz CT molecular complexity index is 1240. The number of halogens is 1. The molecule has 1 N–H and O–H groups in total. The van der Waals surface area contributed by atoms with Crippen LogP contribution in [0, 0.1) is 22.5 Å². The second-order valence-corrected chi connectivity index (χ2v) is 11.4. The molecule has 6 rings (SSSR count). The van der Waals surface area contributed by atoms with Crippen molar-refractivity contribution in [3.63, 3.8) is 0 Å². The lowest BCUT2D eigenvalue weighted by molar-refractivity contribution is -0.0372. The van der Waals surface area contributed by atoms with E-state index in [9.17, 15) is 9.90 Å². The van der Waals surface area contributed by atoms with Crippen LogP contribution < -0.4 is 4.90 Å². The van der Waals surface area contributed by atoms with Gasteiger partial charge in [-0.3, -0.25) is 0 Å². The lowest BCUT2D eigenvalue weighted by Crippen LogP contribution is -2.40. The molecule has 1 unspecified atom stereocenters. The Morgan fingerprint density at radius 1 is 1.35 bits per heavy atom. The molecule has 1 aliphatic carbocycles. The number of thiazole rings is 1. The second-order valence-electron chi connectivity index (χ2n) is 9.55. The van der Waals surface area contributed by atoms with E-state index in [1.807, 2.05) is 17.8 Å². The van der Waals surface area contributed by atoms with Gasteiger partial charge in [0.1, 0.15) is 16.3 Å². The van der Waals surface area contributed by atoms with Gasteiger partial charge in [-0.1, -0.05) is 0 Å². The van der Waals surface area contributed by atoms with Gasteiger partial charge in [0.15, 0.2) is 15.6 Å². The summed E-state index contributed by atoms with van der Waals surface area (Å²) in [6.07, 6.45) is 3.97. The van der Waals surface area contributed by atoms with Gasteiger partial charge in [0.05, 0.1) is 6.20 Å². The first kappa shape index (κ1) is 22.4. The van der Waals surface area contributed by atoms with Crippen LogP contribution in [0.4, 0.5) is 10.6 Å². The fraction of sp³-hybridized carbons (Fsp3) is 0.591. The SMILES string of the molecule is Cc1csc([C@]2(CN(C)C(=O)O)[C@@H]3CN(c4cnc5c(I)nn(C6CCCCO6)c5n4)C[C@@H]32)n1. The molecular weight excluding hydrogens is 569 g/mol. The summed E-state index contributed by atoms with van der Waals surface area (Å²) in [6, 6.07) is 0. The summed E-state index contributed by atoms with van der Waals surface area (Å²) >= 11 is 3.86. The third-order valence-corrected chi connectivity index (χ3v) is 9.36. The average Bonchev–Trinajstić information content (AvgIpc) is 3.30. The number of rotatable bonds is 5. The van der Waals surface area contributed by atoms with E-state index >= 15 is 0 Å². The van der Waals surface area contributed by atoms with Crippen molar-refractivity contribution >= 4 is 57.0 Å². The molecule has 12 heteroatoms. The van der Waals surface area contributed by atoms with Gasteiger partial charge in [0.2, 0.25) is 0 Å². The molecule has 4 atom stereocenters. The lowest BCUT2D eigenvalue weighted by Gasteiger charge is -2.29. The molecule has 5 heterocycles. The maximum Gasteiger partial charge on any atom is 0.407 e. The zero-order valence-electron chi connectivity index (χ0n) is 19.0. The molecule has 0 aromatic carbocycles. The summed E-state index contributed by atoms with van der Waals surface area (Å²) in [7, 11) is 1.64. The summed E-state index contributed by atoms with van der Waals surface area (Å²) in [5, 5.41) is 17.3. The number of nitrogens with zero attached hydrogens (tertiary/aromatic N) is 7. The highest BCUT2D eigenvalue weighted by atomic mass is 127. The topological polar surface area (TPSA) is 110 Å². The first-order valence-electron chi connectivity index (χ1n) is 11.5. The Hall–Kier alpha value is -2.06. The molecule has 1 saturated carbocycles. The molecule has 0 bridgehead atoms. The third kappa shape index (κ3) is 3.48. The number of piperidine rings is 1. The van der Waals surface area contributed by atoms with E-state index in [0.717, 1.165) is 70.3 Å². The number of fused-ring (bicyclic) bond motifs is 2. The van der Waals surface area contributed by atoms with Crippen molar-refractivity contribution in [3.8, 4) is 0 Å². The van der Waals surface area contributed by atoms with Gasteiger partial charge in [0, 0.05) is 49.8 Å². The molecule has 3 aromatic heterocycles. The van der Waals surface area contributed by atoms with Crippen LogP contribution >= 0.6 is 33.9 Å². The van der Waals surface area contributed by atoms with E-state index in [2.05, 4.69) is 38.0 Å². The van der Waals surface area contributed by atoms with Gasteiger partial charge in [-0.25, -0.2) is 24.4 Å². The summed E-state index contributed by atoms with van der Waals surface area (Å²) in [6.45, 7) is 4.82. The number of ether oxygens (including phenoxy) is 1. The van der Waals surface area contributed by atoms with Crippen molar-refractivity contribution in [1.82, 2.24) is 29.6 Å². The second kappa shape index (κ2) is 8.26. The first-order chi connectivity index (χ1) is 16.4. The number of hydrogen-bond donors (Lipinski definition) is 1. The number of amides is 1. The van der Waals surface area contributed by atoms with E-state index in [4.69, 9.17) is 19.7 Å². The minimum absolute atomic E-state index is 0.0938. The monoisotopic (exact) mass is 595 g/mol. The minimum Gasteiger partial charge on any atom is -0.465 e. The zero-order chi connectivity index (χ0) is 23.6. The predicted octanol–water partition coefficient (Wildman–Crippen LogP) is 3.51. The molecule has 10 nitrogen and oxygen atoms in total. The van der Waals surface area contributed by atoms with Crippen molar-refractivity contribution in [1.29, 1.82) is 0 Å². The van der Waals surface area contributed by atoms with Crippen LogP contribution in [0.15, 0.2) is 11.6 Å². The highest BCUT2D eigenvalue weighted by Crippen LogP contribution is 2.64. The molecule has 2 aliphatic heterocycles. The van der Waals surface area contributed by atoms with Crippen molar-refractivity contribution < 1.29 is 14.6 Å². The highest BCUT2D eigenvalue weighted by Gasteiger charge is 2.71. The van der Waals surface area contributed by atoms with E-state index in [1.165, 1.54) is 4.90 Å². The number of carboxylic acid groups (broad SMARTS) is 1. The molecule has 0 spiro atoms. The molecular formula is C22H26IN7O3S. The maximum absolute atomic E-state index is 11.6. The van der Waals surface area contributed by atoms with Gasteiger partial charge < -0.3 is 19.6 Å². The summed E-state index contributed by atoms with van der Waals surface area (Å²) in [4.78, 5) is 29.7. The van der Waals surface area contributed by atoms with E-state index < -0.39 is 6.09 Å². The fourth-order valence-corrected chi connectivity index (χ4v) is 7.43. The molecule has 3 fully saturated rings. The van der Waals surface area contributed by atoms with Crippen LogP contribution in [0.3, 0.4) is 0 Å². The molecule has 1 amide bonds. The van der Waals surface area contributed by atoms with Crippen LogP contribution in [0.1, 0.15) is 36.2 Å². The first-order valence-corrected chi connectivity index (χ1v) is 13.5. The van der Waals surface area contributed by atoms with Crippen molar-refractivity contribution in [2.75, 3.05) is 38.2 Å². The van der Waals surface area contributed by atoms with Crippen LogP contribution in [0.2, 0.25) is 0 Å². The third-order valence-electron chi connectivity index (χ3n) is 7.48. The highest BCUT2D eigenvalue weighted by molar-refractivity contribution is 14.1. The van der Waals surface area contributed by atoms with Gasteiger partial charge >= 0.3 is 6.09 Å². The fourth-order valence-electron chi connectivity index (χ4n) is 5.70. The predicted molar refractivity (Wildman–Crippen MR) is 135 cm³/mol. The number of likely N-dealkylation sites (N-methyl/N-ethyl adjacent to an activating group) is 1. The number of carbonyl (C=O) groups is 1.